The highest BCUT2D eigenvalue weighted by Crippen LogP contribution is 2.27. The predicted molar refractivity (Wildman–Crippen MR) is 79.3 cm³/mol. The van der Waals surface area contributed by atoms with Gasteiger partial charge in [0.15, 0.2) is 0 Å². The van der Waals surface area contributed by atoms with E-state index < -0.39 is 5.54 Å². The Balaban J connectivity index is 2.03. The summed E-state index contributed by atoms with van der Waals surface area (Å²) in [6.07, 6.45) is 3.24. The minimum Gasteiger partial charge on any atom is -0.371 e. The van der Waals surface area contributed by atoms with Gasteiger partial charge in [-0.3, -0.25) is 5.32 Å². The van der Waals surface area contributed by atoms with Crippen molar-refractivity contribution in [2.75, 3.05) is 24.5 Å². The molecule has 1 aliphatic heterocycles. The number of nitrogens with one attached hydrogen (secondary N) is 1. The molecule has 1 unspecified atom stereocenters. The standard InChI is InChI=1S/C16H23N3/c1-3-18-16(2,13-17)10-12-19-11-6-8-14-7-4-5-9-15(14)19/h4-5,7,9,18H,3,6,8,10-12H2,1-2H3. The highest BCUT2D eigenvalue weighted by molar-refractivity contribution is 5.55. The minimum absolute atomic E-state index is 0.416. The van der Waals surface area contributed by atoms with Crippen molar-refractivity contribution >= 4 is 5.69 Å². The van der Waals surface area contributed by atoms with Crippen LogP contribution in [-0.4, -0.2) is 25.2 Å². The van der Waals surface area contributed by atoms with Gasteiger partial charge in [-0.15, -0.1) is 0 Å². The molecule has 1 aliphatic rings. The van der Waals surface area contributed by atoms with E-state index in [1.165, 1.54) is 24.1 Å². The van der Waals surface area contributed by atoms with Gasteiger partial charge < -0.3 is 4.90 Å². The molecule has 1 aromatic carbocycles. The maximum Gasteiger partial charge on any atom is 0.105 e. The van der Waals surface area contributed by atoms with Crippen molar-refractivity contribution in [1.82, 2.24) is 5.32 Å². The topological polar surface area (TPSA) is 39.1 Å². The van der Waals surface area contributed by atoms with Gasteiger partial charge in [0.1, 0.15) is 5.54 Å². The van der Waals surface area contributed by atoms with Gasteiger partial charge in [-0.05, 0) is 44.4 Å². The smallest absolute Gasteiger partial charge is 0.105 e. The lowest BCUT2D eigenvalue weighted by Gasteiger charge is -2.33. The van der Waals surface area contributed by atoms with Gasteiger partial charge in [0, 0.05) is 18.8 Å². The number of hydrogen-bond donors (Lipinski definition) is 1. The zero-order valence-corrected chi connectivity index (χ0v) is 11.9. The SMILES string of the molecule is CCNC(C)(C#N)CCN1CCCc2ccccc21. The first-order valence-corrected chi connectivity index (χ1v) is 7.17. The highest BCUT2D eigenvalue weighted by Gasteiger charge is 2.24. The normalized spacial score (nSPS) is 17.4. The molecule has 102 valence electrons. The fourth-order valence-corrected chi connectivity index (χ4v) is 2.78. The van der Waals surface area contributed by atoms with Crippen molar-refractivity contribution in [2.45, 2.75) is 38.6 Å². The Labute approximate surface area is 116 Å². The second-order valence-electron chi connectivity index (χ2n) is 5.44. The first-order chi connectivity index (χ1) is 9.18. The molecule has 3 nitrogen and oxygen atoms in total. The number of anilines is 1. The lowest BCUT2D eigenvalue weighted by atomic mass is 9.97. The van der Waals surface area contributed by atoms with Crippen molar-refractivity contribution in [3.63, 3.8) is 0 Å². The molecule has 0 radical (unpaired) electrons. The Hall–Kier alpha value is -1.53. The third-order valence-corrected chi connectivity index (χ3v) is 3.90. The Morgan fingerprint density at radius 2 is 2.21 bits per heavy atom. The molecule has 1 heterocycles. The molecule has 0 saturated carbocycles. The molecule has 19 heavy (non-hydrogen) atoms. The van der Waals surface area contributed by atoms with Gasteiger partial charge in [-0.25, -0.2) is 0 Å². The first kappa shape index (κ1) is 13.9. The monoisotopic (exact) mass is 257 g/mol. The molecule has 0 fully saturated rings. The number of aryl methyl sites for hydroxylation is 1. The van der Waals surface area contributed by atoms with Crippen LogP contribution in [0.25, 0.3) is 0 Å². The molecule has 2 rings (SSSR count). The van der Waals surface area contributed by atoms with Crippen LogP contribution in [0.1, 0.15) is 32.3 Å². The van der Waals surface area contributed by atoms with Gasteiger partial charge in [-0.1, -0.05) is 25.1 Å². The lowest BCUT2D eigenvalue weighted by molar-refractivity contribution is 0.426. The van der Waals surface area contributed by atoms with Crippen molar-refractivity contribution in [2.24, 2.45) is 0 Å². The van der Waals surface area contributed by atoms with E-state index in [9.17, 15) is 5.26 Å². The molecule has 1 atom stereocenters. The number of benzene rings is 1. The van der Waals surface area contributed by atoms with Gasteiger partial charge in [0.2, 0.25) is 0 Å². The molecule has 1 aromatic rings. The van der Waals surface area contributed by atoms with Gasteiger partial charge in [0.25, 0.3) is 0 Å². The molecule has 3 heteroatoms. The average molecular weight is 257 g/mol. The third kappa shape index (κ3) is 3.27. The Kier molecular flexibility index (Phi) is 4.44. The van der Waals surface area contributed by atoms with Crippen LogP contribution >= 0.6 is 0 Å². The van der Waals surface area contributed by atoms with Crippen LogP contribution < -0.4 is 10.2 Å². The van der Waals surface area contributed by atoms with Crippen molar-refractivity contribution in [3.05, 3.63) is 29.8 Å². The van der Waals surface area contributed by atoms with Crippen LogP contribution in [0.4, 0.5) is 5.69 Å². The van der Waals surface area contributed by atoms with Gasteiger partial charge in [-0.2, -0.15) is 5.26 Å². The number of nitriles is 1. The quantitative estimate of drug-likeness (QED) is 0.881. The van der Waals surface area contributed by atoms with E-state index in [1.807, 2.05) is 13.8 Å². The molecule has 0 bridgehead atoms. The number of nitrogens with zero attached hydrogens (tertiary/aromatic N) is 2. The molecule has 0 saturated heterocycles. The largest absolute Gasteiger partial charge is 0.371 e. The second-order valence-corrected chi connectivity index (χ2v) is 5.44. The van der Waals surface area contributed by atoms with Crippen molar-refractivity contribution in [3.8, 4) is 6.07 Å². The maximum absolute atomic E-state index is 9.31. The second kappa shape index (κ2) is 6.08. The van der Waals surface area contributed by atoms with E-state index in [0.717, 1.165) is 26.1 Å². The summed E-state index contributed by atoms with van der Waals surface area (Å²) in [7, 11) is 0. The number of fused-ring (bicyclic) bond motifs is 1. The summed E-state index contributed by atoms with van der Waals surface area (Å²) in [4.78, 5) is 2.42. The van der Waals surface area contributed by atoms with Crippen LogP contribution in [-0.2, 0) is 6.42 Å². The predicted octanol–water partition coefficient (Wildman–Crippen LogP) is 2.72. The maximum atomic E-state index is 9.31. The average Bonchev–Trinajstić information content (AvgIpc) is 2.45. The third-order valence-electron chi connectivity index (χ3n) is 3.90. The van der Waals surface area contributed by atoms with Gasteiger partial charge >= 0.3 is 0 Å². The summed E-state index contributed by atoms with van der Waals surface area (Å²) < 4.78 is 0. The fraction of sp³-hybridized carbons (Fsp3) is 0.562. The number of para-hydroxylation sites is 1. The van der Waals surface area contributed by atoms with Crippen LogP contribution in [0, 0.1) is 11.3 Å². The first-order valence-electron chi connectivity index (χ1n) is 7.17. The fourth-order valence-electron chi connectivity index (χ4n) is 2.78. The zero-order chi connectivity index (χ0) is 13.7. The summed E-state index contributed by atoms with van der Waals surface area (Å²) in [5.41, 5.74) is 2.38. The van der Waals surface area contributed by atoms with E-state index in [-0.39, 0.29) is 0 Å². The van der Waals surface area contributed by atoms with E-state index in [2.05, 4.69) is 40.6 Å². The molecule has 1 N–H and O–H groups in total. The zero-order valence-electron chi connectivity index (χ0n) is 11.9. The summed E-state index contributed by atoms with van der Waals surface area (Å²) in [6, 6.07) is 11.0. The number of rotatable bonds is 5. The van der Waals surface area contributed by atoms with Gasteiger partial charge in [0.05, 0.1) is 6.07 Å². The molecular weight excluding hydrogens is 234 g/mol. The summed E-state index contributed by atoms with van der Waals surface area (Å²) >= 11 is 0. The summed E-state index contributed by atoms with van der Waals surface area (Å²) in [6.45, 7) is 6.91. The summed E-state index contributed by atoms with van der Waals surface area (Å²) in [5, 5.41) is 12.6. The van der Waals surface area contributed by atoms with E-state index in [1.54, 1.807) is 0 Å². The Bertz CT molecular complexity index is 463. The lowest BCUT2D eigenvalue weighted by Crippen LogP contribution is -2.44. The Morgan fingerprint density at radius 3 is 2.95 bits per heavy atom. The van der Waals surface area contributed by atoms with Crippen LogP contribution in [0.15, 0.2) is 24.3 Å². The molecule has 0 amide bonds. The highest BCUT2D eigenvalue weighted by atomic mass is 15.1. The minimum atomic E-state index is -0.416. The van der Waals surface area contributed by atoms with E-state index >= 15 is 0 Å². The summed E-state index contributed by atoms with van der Waals surface area (Å²) in [5.74, 6) is 0. The molecule has 0 spiro atoms. The Morgan fingerprint density at radius 1 is 1.42 bits per heavy atom. The molecule has 0 aromatic heterocycles. The number of hydrogen-bond acceptors (Lipinski definition) is 3. The van der Waals surface area contributed by atoms with Crippen molar-refractivity contribution < 1.29 is 0 Å². The molecular formula is C16H23N3. The van der Waals surface area contributed by atoms with Crippen LogP contribution in [0.2, 0.25) is 0 Å². The molecule has 0 aliphatic carbocycles. The van der Waals surface area contributed by atoms with Crippen molar-refractivity contribution in [1.29, 1.82) is 5.26 Å². The van der Waals surface area contributed by atoms with Crippen LogP contribution in [0.5, 0.6) is 0 Å². The van der Waals surface area contributed by atoms with E-state index in [0.29, 0.717) is 0 Å². The van der Waals surface area contributed by atoms with Crippen LogP contribution in [0.3, 0.4) is 0 Å². The van der Waals surface area contributed by atoms with E-state index in [4.69, 9.17) is 0 Å².